The van der Waals surface area contributed by atoms with Crippen molar-refractivity contribution in [2.24, 2.45) is 0 Å². The fraction of sp³-hybridized carbons (Fsp3) is 0.471. The molecule has 1 aromatic rings. The SMILES string of the molecule is CC(C)(C)OC(=O)N1CCCC(=Cc2cc(F)ccc2Br)C1. The standard InChI is InChI=1S/C17H21BrFNO2/c1-17(2,3)22-16(21)20-8-4-5-12(11-20)9-13-10-14(19)6-7-15(13)18/h6-7,9-10H,4-5,8,11H2,1-3H3. The molecule has 22 heavy (non-hydrogen) atoms. The van der Waals surface area contributed by atoms with Crippen LogP contribution in [0.25, 0.3) is 6.08 Å². The van der Waals surface area contributed by atoms with Crippen molar-refractivity contribution in [3.63, 3.8) is 0 Å². The molecule has 0 aromatic heterocycles. The van der Waals surface area contributed by atoms with E-state index in [9.17, 15) is 9.18 Å². The van der Waals surface area contributed by atoms with Gasteiger partial charge in [-0.05, 0) is 57.4 Å². The predicted molar refractivity (Wildman–Crippen MR) is 89.1 cm³/mol. The number of rotatable bonds is 1. The molecule has 0 N–H and O–H groups in total. The summed E-state index contributed by atoms with van der Waals surface area (Å²) in [6.07, 6.45) is 3.45. The minimum atomic E-state index is -0.496. The van der Waals surface area contributed by atoms with Gasteiger partial charge in [0.25, 0.3) is 0 Å². The van der Waals surface area contributed by atoms with Crippen LogP contribution in [0.5, 0.6) is 0 Å². The van der Waals surface area contributed by atoms with Crippen molar-refractivity contribution < 1.29 is 13.9 Å². The maximum Gasteiger partial charge on any atom is 0.410 e. The van der Waals surface area contributed by atoms with Crippen molar-refractivity contribution in [1.29, 1.82) is 0 Å². The van der Waals surface area contributed by atoms with Gasteiger partial charge in [0.1, 0.15) is 11.4 Å². The average molecular weight is 370 g/mol. The quantitative estimate of drug-likeness (QED) is 0.696. The van der Waals surface area contributed by atoms with Crippen LogP contribution in [0, 0.1) is 5.82 Å². The van der Waals surface area contributed by atoms with E-state index in [-0.39, 0.29) is 11.9 Å². The third-order valence-corrected chi connectivity index (χ3v) is 4.01. The normalized spacial score (nSPS) is 17.7. The van der Waals surface area contributed by atoms with Crippen LogP contribution in [0.2, 0.25) is 0 Å². The molecular formula is C17H21BrFNO2. The second-order valence-electron chi connectivity index (χ2n) is 6.47. The van der Waals surface area contributed by atoms with Gasteiger partial charge in [-0.3, -0.25) is 0 Å². The summed E-state index contributed by atoms with van der Waals surface area (Å²) in [5.41, 5.74) is 1.40. The largest absolute Gasteiger partial charge is 0.444 e. The Morgan fingerprint density at radius 1 is 1.41 bits per heavy atom. The lowest BCUT2D eigenvalue weighted by Gasteiger charge is -2.31. The van der Waals surface area contributed by atoms with Gasteiger partial charge in [-0.2, -0.15) is 0 Å². The number of hydrogen-bond acceptors (Lipinski definition) is 2. The van der Waals surface area contributed by atoms with Gasteiger partial charge in [0.2, 0.25) is 0 Å². The van der Waals surface area contributed by atoms with Crippen LogP contribution < -0.4 is 0 Å². The Hall–Kier alpha value is -1.36. The van der Waals surface area contributed by atoms with Gasteiger partial charge in [-0.1, -0.05) is 27.6 Å². The van der Waals surface area contributed by atoms with E-state index < -0.39 is 5.60 Å². The fourth-order valence-electron chi connectivity index (χ4n) is 2.35. The molecule has 1 aliphatic rings. The third-order valence-electron chi connectivity index (χ3n) is 3.29. The zero-order valence-corrected chi connectivity index (χ0v) is 14.7. The summed E-state index contributed by atoms with van der Waals surface area (Å²) in [6, 6.07) is 4.60. The third kappa shape index (κ3) is 4.83. The van der Waals surface area contributed by atoms with E-state index in [2.05, 4.69) is 15.9 Å². The van der Waals surface area contributed by atoms with Crippen LogP contribution in [0.1, 0.15) is 39.2 Å². The van der Waals surface area contributed by atoms with Crippen molar-refractivity contribution >= 4 is 28.1 Å². The Morgan fingerprint density at radius 2 is 2.14 bits per heavy atom. The van der Waals surface area contributed by atoms with Crippen LogP contribution in [0.15, 0.2) is 28.2 Å². The number of carbonyl (C=O) groups excluding carboxylic acids is 1. The fourth-order valence-corrected chi connectivity index (χ4v) is 2.71. The number of nitrogens with zero attached hydrogens (tertiary/aromatic N) is 1. The molecule has 1 saturated heterocycles. The molecule has 1 heterocycles. The molecule has 0 unspecified atom stereocenters. The summed E-state index contributed by atoms with van der Waals surface area (Å²) in [6.45, 7) is 6.79. The van der Waals surface area contributed by atoms with Crippen LogP contribution in [0.3, 0.4) is 0 Å². The number of piperidine rings is 1. The molecule has 120 valence electrons. The van der Waals surface area contributed by atoms with Gasteiger partial charge < -0.3 is 9.64 Å². The van der Waals surface area contributed by atoms with Gasteiger partial charge in [0.05, 0.1) is 0 Å². The Morgan fingerprint density at radius 3 is 2.82 bits per heavy atom. The Labute approximate surface area is 139 Å². The molecule has 0 spiro atoms. The topological polar surface area (TPSA) is 29.5 Å². The van der Waals surface area contributed by atoms with E-state index >= 15 is 0 Å². The number of benzene rings is 1. The molecule has 0 bridgehead atoms. The first kappa shape index (κ1) is 17.0. The molecule has 0 atom stereocenters. The summed E-state index contributed by atoms with van der Waals surface area (Å²) in [5.74, 6) is -0.269. The smallest absolute Gasteiger partial charge is 0.410 e. The molecule has 2 rings (SSSR count). The molecule has 0 aliphatic carbocycles. The predicted octanol–water partition coefficient (Wildman–Crippen LogP) is 5.00. The Kier molecular flexibility index (Phi) is 5.27. The Bertz CT molecular complexity index is 593. The molecule has 5 heteroatoms. The molecule has 0 radical (unpaired) electrons. The van der Waals surface area contributed by atoms with Gasteiger partial charge in [0.15, 0.2) is 0 Å². The van der Waals surface area contributed by atoms with Gasteiger partial charge in [0, 0.05) is 17.6 Å². The van der Waals surface area contributed by atoms with Crippen molar-refractivity contribution in [3.8, 4) is 0 Å². The molecule has 1 aliphatic heterocycles. The highest BCUT2D eigenvalue weighted by atomic mass is 79.9. The lowest BCUT2D eigenvalue weighted by Crippen LogP contribution is -2.40. The number of hydrogen-bond donors (Lipinski definition) is 0. The number of likely N-dealkylation sites (tertiary alicyclic amines) is 1. The van der Waals surface area contributed by atoms with E-state index in [1.807, 2.05) is 26.8 Å². The highest BCUT2D eigenvalue weighted by Gasteiger charge is 2.25. The lowest BCUT2D eigenvalue weighted by atomic mass is 10.0. The lowest BCUT2D eigenvalue weighted by molar-refractivity contribution is 0.0247. The second kappa shape index (κ2) is 6.82. The summed E-state index contributed by atoms with van der Waals surface area (Å²) in [4.78, 5) is 13.8. The zero-order valence-electron chi connectivity index (χ0n) is 13.2. The van der Waals surface area contributed by atoms with Crippen molar-refractivity contribution in [1.82, 2.24) is 4.90 Å². The van der Waals surface area contributed by atoms with Crippen LogP contribution in [-0.4, -0.2) is 29.7 Å². The number of amides is 1. The molecule has 1 fully saturated rings. The van der Waals surface area contributed by atoms with Crippen LogP contribution in [0.4, 0.5) is 9.18 Å². The Balaban J connectivity index is 2.11. The first-order valence-electron chi connectivity index (χ1n) is 7.37. The van der Waals surface area contributed by atoms with E-state index in [0.29, 0.717) is 13.1 Å². The van der Waals surface area contributed by atoms with Crippen LogP contribution >= 0.6 is 15.9 Å². The van der Waals surface area contributed by atoms with E-state index in [0.717, 1.165) is 28.5 Å². The van der Waals surface area contributed by atoms with Gasteiger partial charge >= 0.3 is 6.09 Å². The van der Waals surface area contributed by atoms with Crippen molar-refractivity contribution in [2.75, 3.05) is 13.1 Å². The summed E-state index contributed by atoms with van der Waals surface area (Å²) >= 11 is 3.42. The first-order chi connectivity index (χ1) is 10.2. The van der Waals surface area contributed by atoms with E-state index in [1.165, 1.54) is 12.1 Å². The van der Waals surface area contributed by atoms with Crippen molar-refractivity contribution in [2.45, 2.75) is 39.2 Å². The highest BCUT2D eigenvalue weighted by molar-refractivity contribution is 9.10. The summed E-state index contributed by atoms with van der Waals surface area (Å²) in [7, 11) is 0. The highest BCUT2D eigenvalue weighted by Crippen LogP contribution is 2.25. The minimum absolute atomic E-state index is 0.269. The monoisotopic (exact) mass is 369 g/mol. The summed E-state index contributed by atoms with van der Waals surface area (Å²) in [5, 5.41) is 0. The maximum atomic E-state index is 13.4. The molecule has 1 aromatic carbocycles. The van der Waals surface area contributed by atoms with Gasteiger partial charge in [-0.25, -0.2) is 9.18 Å². The van der Waals surface area contributed by atoms with E-state index in [1.54, 1.807) is 11.0 Å². The second-order valence-corrected chi connectivity index (χ2v) is 7.33. The average Bonchev–Trinajstić information content (AvgIpc) is 2.41. The molecule has 1 amide bonds. The molecular weight excluding hydrogens is 349 g/mol. The maximum absolute atomic E-state index is 13.4. The van der Waals surface area contributed by atoms with Gasteiger partial charge in [-0.15, -0.1) is 0 Å². The number of halogens is 2. The first-order valence-corrected chi connectivity index (χ1v) is 8.16. The molecule has 3 nitrogen and oxygen atoms in total. The summed E-state index contributed by atoms with van der Waals surface area (Å²) < 4.78 is 19.6. The number of ether oxygens (including phenoxy) is 1. The minimum Gasteiger partial charge on any atom is -0.444 e. The molecule has 0 saturated carbocycles. The van der Waals surface area contributed by atoms with Crippen molar-refractivity contribution in [3.05, 3.63) is 39.6 Å². The van der Waals surface area contributed by atoms with Crippen LogP contribution in [-0.2, 0) is 4.74 Å². The number of carbonyl (C=O) groups is 1. The zero-order chi connectivity index (χ0) is 16.3. The van der Waals surface area contributed by atoms with E-state index in [4.69, 9.17) is 4.74 Å².